The summed E-state index contributed by atoms with van der Waals surface area (Å²) < 4.78 is 0. The molecule has 0 aromatic carbocycles. The monoisotopic (exact) mass is 143 g/mol. The summed E-state index contributed by atoms with van der Waals surface area (Å²) in [5.74, 6) is 5.12. The van der Waals surface area contributed by atoms with Crippen LogP contribution in [0.5, 0.6) is 0 Å². The number of anilines is 1. The normalized spacial score (nSPS) is 9.56. The van der Waals surface area contributed by atoms with Crippen molar-refractivity contribution in [3.63, 3.8) is 0 Å². The molecule has 0 aliphatic carbocycles. The molecular formula is C5H9N3S. The molecule has 0 aliphatic heterocycles. The molecule has 9 heavy (non-hydrogen) atoms. The summed E-state index contributed by atoms with van der Waals surface area (Å²) in [6.45, 7) is 2.09. The van der Waals surface area contributed by atoms with Crippen LogP contribution in [0.3, 0.4) is 0 Å². The highest BCUT2D eigenvalue weighted by molar-refractivity contribution is 7.15. The van der Waals surface area contributed by atoms with Gasteiger partial charge in [0.25, 0.3) is 0 Å². The van der Waals surface area contributed by atoms with Gasteiger partial charge in [-0.25, -0.2) is 10.8 Å². The second-order valence-electron chi connectivity index (χ2n) is 1.63. The maximum Gasteiger partial charge on any atom is 0.197 e. The Labute approximate surface area is 57.9 Å². The van der Waals surface area contributed by atoms with Crippen molar-refractivity contribution in [1.82, 2.24) is 4.98 Å². The molecule has 50 valence electrons. The van der Waals surface area contributed by atoms with E-state index in [-0.39, 0.29) is 0 Å². The average Bonchev–Trinajstić information content (AvgIpc) is 2.34. The van der Waals surface area contributed by atoms with Crippen LogP contribution >= 0.6 is 11.3 Å². The summed E-state index contributed by atoms with van der Waals surface area (Å²) in [4.78, 5) is 5.24. The molecule has 0 saturated heterocycles. The van der Waals surface area contributed by atoms with Gasteiger partial charge in [-0.2, -0.15) is 0 Å². The van der Waals surface area contributed by atoms with Crippen LogP contribution in [0.2, 0.25) is 0 Å². The predicted octanol–water partition coefficient (Wildman–Crippen LogP) is 0.991. The summed E-state index contributed by atoms with van der Waals surface area (Å²) >= 11 is 1.59. The summed E-state index contributed by atoms with van der Waals surface area (Å²) in [5, 5.41) is 0.784. The van der Waals surface area contributed by atoms with Crippen LogP contribution < -0.4 is 11.3 Å². The van der Waals surface area contributed by atoms with Crippen LogP contribution in [0.25, 0.3) is 0 Å². The zero-order valence-corrected chi connectivity index (χ0v) is 6.03. The van der Waals surface area contributed by atoms with Gasteiger partial charge in [0.15, 0.2) is 5.13 Å². The summed E-state index contributed by atoms with van der Waals surface area (Å²) in [5.41, 5.74) is 2.49. The molecule has 0 spiro atoms. The van der Waals surface area contributed by atoms with Crippen molar-refractivity contribution in [2.24, 2.45) is 5.84 Å². The number of hydrogen-bond donors (Lipinski definition) is 2. The zero-order valence-electron chi connectivity index (χ0n) is 5.22. The lowest BCUT2D eigenvalue weighted by Crippen LogP contribution is -2.05. The minimum atomic E-state index is 0.784. The van der Waals surface area contributed by atoms with E-state index in [0.717, 1.165) is 11.6 Å². The third-order valence-corrected chi connectivity index (χ3v) is 2.10. The number of rotatable bonds is 2. The molecule has 0 atom stereocenters. The first-order valence-electron chi connectivity index (χ1n) is 2.78. The Morgan fingerprint density at radius 3 is 3.00 bits per heavy atom. The fourth-order valence-corrected chi connectivity index (χ4v) is 1.20. The SMILES string of the molecule is CCc1cnc(NN)s1. The Hall–Kier alpha value is -0.610. The highest BCUT2D eigenvalue weighted by atomic mass is 32.1. The van der Waals surface area contributed by atoms with Crippen molar-refractivity contribution in [1.29, 1.82) is 0 Å². The van der Waals surface area contributed by atoms with Crippen molar-refractivity contribution in [2.75, 3.05) is 5.43 Å². The van der Waals surface area contributed by atoms with Crippen molar-refractivity contribution >= 4 is 16.5 Å². The lowest BCUT2D eigenvalue weighted by Gasteiger charge is -1.86. The molecule has 0 saturated carbocycles. The summed E-state index contributed by atoms with van der Waals surface area (Å²) in [7, 11) is 0. The molecular weight excluding hydrogens is 134 g/mol. The Morgan fingerprint density at radius 2 is 2.67 bits per heavy atom. The minimum absolute atomic E-state index is 0.784. The van der Waals surface area contributed by atoms with E-state index in [0.29, 0.717) is 0 Å². The van der Waals surface area contributed by atoms with E-state index in [4.69, 9.17) is 5.84 Å². The number of aromatic nitrogens is 1. The zero-order chi connectivity index (χ0) is 6.69. The van der Waals surface area contributed by atoms with Crippen molar-refractivity contribution in [3.8, 4) is 0 Å². The lowest BCUT2D eigenvalue weighted by molar-refractivity contribution is 1.16. The van der Waals surface area contributed by atoms with Gasteiger partial charge in [0, 0.05) is 11.1 Å². The first-order chi connectivity index (χ1) is 4.36. The molecule has 0 radical (unpaired) electrons. The van der Waals surface area contributed by atoms with Crippen LogP contribution in [0.4, 0.5) is 5.13 Å². The second-order valence-corrected chi connectivity index (χ2v) is 2.74. The predicted molar refractivity (Wildman–Crippen MR) is 39.3 cm³/mol. The van der Waals surface area contributed by atoms with Gasteiger partial charge < -0.3 is 0 Å². The van der Waals surface area contributed by atoms with Gasteiger partial charge in [-0.3, -0.25) is 5.43 Å². The molecule has 0 fully saturated rings. The largest absolute Gasteiger partial charge is 0.300 e. The molecule has 4 heteroatoms. The number of nitrogen functional groups attached to an aromatic ring is 1. The second kappa shape index (κ2) is 2.80. The molecule has 1 aromatic heterocycles. The molecule has 1 rings (SSSR count). The highest BCUT2D eigenvalue weighted by Crippen LogP contribution is 2.16. The van der Waals surface area contributed by atoms with E-state index in [1.165, 1.54) is 4.88 Å². The number of nitrogens with one attached hydrogen (secondary N) is 1. The number of hydrazine groups is 1. The molecule has 3 nitrogen and oxygen atoms in total. The highest BCUT2D eigenvalue weighted by Gasteiger charge is 1.94. The van der Waals surface area contributed by atoms with Gasteiger partial charge in [-0.05, 0) is 6.42 Å². The van der Waals surface area contributed by atoms with Gasteiger partial charge in [0.1, 0.15) is 0 Å². The maximum absolute atomic E-state index is 5.12. The molecule has 1 aromatic rings. The van der Waals surface area contributed by atoms with Crippen LogP contribution in [0.1, 0.15) is 11.8 Å². The molecule has 0 amide bonds. The lowest BCUT2D eigenvalue weighted by atomic mass is 10.4. The molecule has 0 aliphatic rings. The van der Waals surface area contributed by atoms with Crippen molar-refractivity contribution in [3.05, 3.63) is 11.1 Å². The van der Waals surface area contributed by atoms with Crippen LogP contribution in [0, 0.1) is 0 Å². The van der Waals surface area contributed by atoms with Gasteiger partial charge in [-0.15, -0.1) is 11.3 Å². The van der Waals surface area contributed by atoms with E-state index in [2.05, 4.69) is 17.3 Å². The molecule has 1 heterocycles. The number of aryl methyl sites for hydroxylation is 1. The van der Waals surface area contributed by atoms with Gasteiger partial charge in [-0.1, -0.05) is 6.92 Å². The Morgan fingerprint density at radius 1 is 1.89 bits per heavy atom. The number of thiazole rings is 1. The Kier molecular flexibility index (Phi) is 2.02. The van der Waals surface area contributed by atoms with Crippen LogP contribution in [0.15, 0.2) is 6.20 Å². The Balaban J connectivity index is 2.74. The average molecular weight is 143 g/mol. The van der Waals surface area contributed by atoms with E-state index in [9.17, 15) is 0 Å². The van der Waals surface area contributed by atoms with Gasteiger partial charge >= 0.3 is 0 Å². The smallest absolute Gasteiger partial charge is 0.197 e. The number of hydrogen-bond acceptors (Lipinski definition) is 4. The van der Waals surface area contributed by atoms with Gasteiger partial charge in [0.05, 0.1) is 0 Å². The number of nitrogens with zero attached hydrogens (tertiary/aromatic N) is 1. The van der Waals surface area contributed by atoms with Crippen LogP contribution in [-0.4, -0.2) is 4.98 Å². The molecule has 0 bridgehead atoms. The maximum atomic E-state index is 5.12. The molecule has 3 N–H and O–H groups in total. The first kappa shape index (κ1) is 6.51. The summed E-state index contributed by atoms with van der Waals surface area (Å²) in [6, 6.07) is 0. The van der Waals surface area contributed by atoms with E-state index in [1.54, 1.807) is 11.3 Å². The quantitative estimate of drug-likeness (QED) is 0.479. The third-order valence-electron chi connectivity index (χ3n) is 1.03. The van der Waals surface area contributed by atoms with Crippen LogP contribution in [-0.2, 0) is 6.42 Å². The standard InChI is InChI=1S/C5H9N3S/c1-2-4-3-7-5(8-6)9-4/h3H,2,6H2,1H3,(H,7,8). The first-order valence-corrected chi connectivity index (χ1v) is 3.59. The minimum Gasteiger partial charge on any atom is -0.300 e. The Bertz CT molecular complexity index is 166. The van der Waals surface area contributed by atoms with E-state index >= 15 is 0 Å². The summed E-state index contributed by atoms with van der Waals surface area (Å²) in [6.07, 6.45) is 2.86. The topological polar surface area (TPSA) is 50.9 Å². The molecule has 0 unspecified atom stereocenters. The number of nitrogens with two attached hydrogens (primary N) is 1. The van der Waals surface area contributed by atoms with Gasteiger partial charge in [0.2, 0.25) is 0 Å². The third kappa shape index (κ3) is 1.40. The van der Waals surface area contributed by atoms with Crippen molar-refractivity contribution < 1.29 is 0 Å². The van der Waals surface area contributed by atoms with E-state index in [1.807, 2.05) is 6.20 Å². The van der Waals surface area contributed by atoms with E-state index < -0.39 is 0 Å². The fourth-order valence-electron chi connectivity index (χ4n) is 0.538. The fraction of sp³-hybridized carbons (Fsp3) is 0.400. The van der Waals surface area contributed by atoms with Crippen molar-refractivity contribution in [2.45, 2.75) is 13.3 Å².